The fourth-order valence-electron chi connectivity index (χ4n) is 3.86. The van der Waals surface area contributed by atoms with Crippen molar-refractivity contribution < 1.29 is 28.7 Å². The third-order valence-corrected chi connectivity index (χ3v) is 5.59. The Kier molecular flexibility index (Phi) is 8.57. The molecular formula is C25H28N2O6. The van der Waals surface area contributed by atoms with Crippen LogP contribution in [0.2, 0.25) is 0 Å². The first kappa shape index (κ1) is 24.0. The van der Waals surface area contributed by atoms with Crippen LogP contribution in [0.3, 0.4) is 0 Å². The van der Waals surface area contributed by atoms with Crippen LogP contribution in [0.1, 0.15) is 60.4 Å². The van der Waals surface area contributed by atoms with E-state index in [1.807, 2.05) is 12.1 Å². The molecule has 1 atom stereocenters. The molecule has 8 heteroatoms. The molecule has 0 aliphatic heterocycles. The summed E-state index contributed by atoms with van der Waals surface area (Å²) < 4.78 is 10.1. The smallest absolute Gasteiger partial charge is 0.413 e. The minimum absolute atomic E-state index is 0.257. The Bertz CT molecular complexity index is 968. The second kappa shape index (κ2) is 11.8. The van der Waals surface area contributed by atoms with Crippen molar-refractivity contribution in [3.63, 3.8) is 0 Å². The van der Waals surface area contributed by atoms with E-state index in [0.29, 0.717) is 11.5 Å². The number of para-hydroxylation sites is 1. The van der Waals surface area contributed by atoms with Crippen molar-refractivity contribution in [3.8, 4) is 5.75 Å². The van der Waals surface area contributed by atoms with Crippen LogP contribution in [0.5, 0.6) is 5.75 Å². The average molecular weight is 453 g/mol. The summed E-state index contributed by atoms with van der Waals surface area (Å²) in [5.74, 6) is -1.37. The minimum Gasteiger partial charge on any atom is -0.456 e. The number of esters is 1. The molecular weight excluding hydrogens is 424 g/mol. The highest BCUT2D eigenvalue weighted by Crippen LogP contribution is 2.32. The van der Waals surface area contributed by atoms with Crippen LogP contribution in [0.4, 0.5) is 4.79 Å². The Morgan fingerprint density at radius 2 is 1.61 bits per heavy atom. The number of Topliss-reactive ketones (excluding diaryl/α,β-unsaturated/α-hetero) is 1. The fourth-order valence-corrected chi connectivity index (χ4v) is 3.86. The number of rotatable bonds is 9. The first-order valence-corrected chi connectivity index (χ1v) is 11.0. The van der Waals surface area contributed by atoms with Gasteiger partial charge in [0.1, 0.15) is 11.8 Å². The zero-order chi connectivity index (χ0) is 23.6. The normalized spacial score (nSPS) is 14.7. The molecule has 0 bridgehead atoms. The lowest BCUT2D eigenvalue weighted by Crippen LogP contribution is -2.45. The Hall–Kier alpha value is -3.68. The fraction of sp³-hybridized carbons (Fsp3) is 0.360. The summed E-state index contributed by atoms with van der Waals surface area (Å²) in [6.45, 7) is -0.522. The molecule has 0 heterocycles. The number of benzene rings is 2. The minimum atomic E-state index is -1.37. The van der Waals surface area contributed by atoms with Gasteiger partial charge in [-0.25, -0.2) is 9.59 Å². The molecule has 0 spiro atoms. The topological polar surface area (TPSA) is 125 Å². The van der Waals surface area contributed by atoms with Crippen molar-refractivity contribution in [3.05, 3.63) is 65.7 Å². The van der Waals surface area contributed by atoms with Crippen molar-refractivity contribution in [2.24, 2.45) is 5.73 Å². The van der Waals surface area contributed by atoms with E-state index in [-0.39, 0.29) is 11.5 Å². The highest BCUT2D eigenvalue weighted by Gasteiger charge is 2.26. The highest BCUT2D eigenvalue weighted by atomic mass is 16.6. The number of carbonyl (C=O) groups excluding carboxylic acids is 4. The van der Waals surface area contributed by atoms with Crippen LogP contribution >= 0.6 is 0 Å². The predicted octanol–water partition coefficient (Wildman–Crippen LogP) is 3.49. The molecule has 2 aromatic carbocycles. The van der Waals surface area contributed by atoms with Crippen molar-refractivity contribution >= 4 is 23.8 Å². The van der Waals surface area contributed by atoms with Gasteiger partial charge in [0.25, 0.3) is 0 Å². The average Bonchev–Trinajstić information content (AvgIpc) is 2.83. The lowest BCUT2D eigenvalue weighted by atomic mass is 9.84. The third kappa shape index (κ3) is 7.45. The van der Waals surface area contributed by atoms with Crippen molar-refractivity contribution in [2.75, 3.05) is 6.61 Å². The van der Waals surface area contributed by atoms with E-state index in [4.69, 9.17) is 15.2 Å². The van der Waals surface area contributed by atoms with Gasteiger partial charge in [-0.2, -0.15) is 0 Å². The Morgan fingerprint density at radius 3 is 2.24 bits per heavy atom. The number of ketones is 1. The monoisotopic (exact) mass is 452 g/mol. The molecule has 0 aromatic heterocycles. The number of primary amides is 1. The van der Waals surface area contributed by atoms with Crippen molar-refractivity contribution in [2.45, 2.75) is 50.5 Å². The summed E-state index contributed by atoms with van der Waals surface area (Å²) in [5.41, 5.74) is 6.81. The predicted molar refractivity (Wildman–Crippen MR) is 121 cm³/mol. The van der Waals surface area contributed by atoms with Gasteiger partial charge >= 0.3 is 12.1 Å². The largest absolute Gasteiger partial charge is 0.456 e. The SMILES string of the molecule is NC(=O)C[C@H](NC(=O)Oc1ccccc1)C(=O)OCC(=O)c1ccc(C2CCCCC2)cc1. The van der Waals surface area contributed by atoms with Gasteiger partial charge in [-0.1, -0.05) is 61.7 Å². The quantitative estimate of drug-likeness (QED) is 0.443. The van der Waals surface area contributed by atoms with E-state index in [1.165, 1.54) is 24.8 Å². The highest BCUT2D eigenvalue weighted by molar-refractivity contribution is 5.98. The molecule has 1 aliphatic rings. The summed E-state index contributed by atoms with van der Waals surface area (Å²) >= 11 is 0. The maximum Gasteiger partial charge on any atom is 0.413 e. The lowest BCUT2D eigenvalue weighted by Gasteiger charge is -2.22. The van der Waals surface area contributed by atoms with E-state index < -0.39 is 37.0 Å². The van der Waals surface area contributed by atoms with E-state index in [2.05, 4.69) is 5.32 Å². The van der Waals surface area contributed by atoms with E-state index in [1.54, 1.807) is 42.5 Å². The molecule has 174 valence electrons. The molecule has 0 unspecified atom stereocenters. The van der Waals surface area contributed by atoms with Gasteiger partial charge in [0.2, 0.25) is 5.91 Å². The third-order valence-electron chi connectivity index (χ3n) is 5.59. The molecule has 8 nitrogen and oxygen atoms in total. The van der Waals surface area contributed by atoms with E-state index in [9.17, 15) is 19.2 Å². The molecule has 33 heavy (non-hydrogen) atoms. The lowest BCUT2D eigenvalue weighted by molar-refractivity contribution is -0.146. The summed E-state index contributed by atoms with van der Waals surface area (Å²) in [4.78, 5) is 48.3. The number of nitrogens with one attached hydrogen (secondary N) is 1. The van der Waals surface area contributed by atoms with Gasteiger partial charge in [-0.15, -0.1) is 0 Å². The van der Waals surface area contributed by atoms with Crippen LogP contribution in [-0.4, -0.2) is 36.4 Å². The molecule has 0 radical (unpaired) electrons. The van der Waals surface area contributed by atoms with Crippen LogP contribution in [0.15, 0.2) is 54.6 Å². The number of ether oxygens (including phenoxy) is 2. The number of amides is 2. The van der Waals surface area contributed by atoms with E-state index in [0.717, 1.165) is 12.8 Å². The van der Waals surface area contributed by atoms with Gasteiger partial charge in [0, 0.05) is 5.56 Å². The van der Waals surface area contributed by atoms with Crippen LogP contribution in [-0.2, 0) is 14.3 Å². The first-order valence-electron chi connectivity index (χ1n) is 11.0. The molecule has 0 saturated heterocycles. The van der Waals surface area contributed by atoms with Crippen LogP contribution in [0, 0.1) is 0 Å². The summed E-state index contributed by atoms with van der Waals surface area (Å²) in [6.07, 6.45) is 4.59. The van der Waals surface area contributed by atoms with Crippen LogP contribution in [0.25, 0.3) is 0 Å². The number of nitrogens with two attached hydrogens (primary N) is 1. The second-order valence-corrected chi connectivity index (χ2v) is 8.06. The Balaban J connectivity index is 1.53. The van der Waals surface area contributed by atoms with Crippen molar-refractivity contribution in [1.29, 1.82) is 0 Å². The molecule has 2 aromatic rings. The summed E-state index contributed by atoms with van der Waals surface area (Å²) in [5, 5.41) is 2.26. The molecule has 1 fully saturated rings. The maximum atomic E-state index is 12.5. The molecule has 3 rings (SSSR count). The standard InChI is InChI=1S/C25H28N2O6/c26-23(29)15-21(27-25(31)33-20-9-5-2-6-10-20)24(30)32-16-22(28)19-13-11-18(12-14-19)17-7-3-1-4-8-17/h2,5-6,9-14,17,21H,1,3-4,7-8,15-16H2,(H2,26,29)(H,27,31)/t21-/m0/s1. The molecule has 2 amide bonds. The van der Waals surface area contributed by atoms with Gasteiger partial charge in [0.05, 0.1) is 6.42 Å². The molecule has 3 N–H and O–H groups in total. The van der Waals surface area contributed by atoms with Gasteiger partial charge in [-0.3, -0.25) is 9.59 Å². The maximum absolute atomic E-state index is 12.5. The summed E-state index contributed by atoms with van der Waals surface area (Å²) in [6, 6.07) is 14.2. The van der Waals surface area contributed by atoms with Crippen molar-refractivity contribution in [1.82, 2.24) is 5.32 Å². The summed E-state index contributed by atoms with van der Waals surface area (Å²) in [7, 11) is 0. The Morgan fingerprint density at radius 1 is 0.939 bits per heavy atom. The first-order chi connectivity index (χ1) is 15.9. The van der Waals surface area contributed by atoms with E-state index >= 15 is 0 Å². The Labute approximate surface area is 192 Å². The van der Waals surface area contributed by atoms with Gasteiger partial charge in [-0.05, 0) is 36.5 Å². The second-order valence-electron chi connectivity index (χ2n) is 8.06. The van der Waals surface area contributed by atoms with Crippen LogP contribution < -0.4 is 15.8 Å². The van der Waals surface area contributed by atoms with Gasteiger partial charge < -0.3 is 20.5 Å². The molecule has 1 aliphatic carbocycles. The molecule has 1 saturated carbocycles. The number of hydrogen-bond acceptors (Lipinski definition) is 6. The zero-order valence-electron chi connectivity index (χ0n) is 18.3. The van der Waals surface area contributed by atoms with Gasteiger partial charge in [0.15, 0.2) is 12.4 Å². The number of carbonyl (C=O) groups is 4. The number of hydrogen-bond donors (Lipinski definition) is 2. The zero-order valence-corrected chi connectivity index (χ0v) is 18.3.